The second-order valence-electron chi connectivity index (χ2n) is 10.0. The fraction of sp³-hybridized carbons (Fsp3) is 0.303. The van der Waals surface area contributed by atoms with Gasteiger partial charge in [0.15, 0.2) is 23.3 Å². The molecule has 0 aliphatic carbocycles. The van der Waals surface area contributed by atoms with Gasteiger partial charge in [-0.1, -0.05) is 60.9 Å². The number of benzene rings is 3. The third kappa shape index (κ3) is 9.46. The highest BCUT2D eigenvalue weighted by atomic mass is 35.5. The molecule has 0 atom stereocenters. The van der Waals surface area contributed by atoms with Gasteiger partial charge in [-0.15, -0.1) is 0 Å². The van der Waals surface area contributed by atoms with Gasteiger partial charge in [0.25, 0.3) is 5.91 Å². The number of nitrogens with zero attached hydrogens (tertiary/aromatic N) is 2. The van der Waals surface area contributed by atoms with Crippen LogP contribution >= 0.6 is 11.6 Å². The molecule has 0 unspecified atom stereocenters. The van der Waals surface area contributed by atoms with Gasteiger partial charge in [-0.2, -0.15) is 0 Å². The van der Waals surface area contributed by atoms with Gasteiger partial charge in [0.2, 0.25) is 0 Å². The van der Waals surface area contributed by atoms with E-state index in [1.807, 2.05) is 0 Å². The van der Waals surface area contributed by atoms with Gasteiger partial charge in [0.1, 0.15) is 12.4 Å². The second-order valence-corrected chi connectivity index (χ2v) is 10.4. The van der Waals surface area contributed by atoms with Crippen LogP contribution < -0.4 is 4.74 Å². The highest BCUT2D eigenvalue weighted by Crippen LogP contribution is 2.27. The normalized spacial score (nSPS) is 12.1. The third-order valence-electron chi connectivity index (χ3n) is 6.62. The molecule has 3 rings (SSSR count). The Kier molecular flexibility index (Phi) is 12.2. The van der Waals surface area contributed by atoms with Crippen molar-refractivity contribution in [2.45, 2.75) is 27.7 Å². The van der Waals surface area contributed by atoms with E-state index in [1.54, 1.807) is 49.1 Å². The maximum Gasteiger partial charge on any atom is 0.254 e. The molecule has 3 aromatic carbocycles. The highest BCUT2D eigenvalue weighted by molar-refractivity contribution is 6.32. The van der Waals surface area contributed by atoms with E-state index < -0.39 is 23.3 Å². The van der Waals surface area contributed by atoms with Crippen molar-refractivity contribution in [1.82, 2.24) is 9.80 Å². The molecule has 0 aromatic heterocycles. The van der Waals surface area contributed by atoms with E-state index in [0.29, 0.717) is 45.2 Å². The van der Waals surface area contributed by atoms with Gasteiger partial charge < -0.3 is 14.5 Å². The molecule has 0 aliphatic heterocycles. The number of likely N-dealkylation sites (N-methyl/N-ethyl adjacent to an activating group) is 1. The lowest BCUT2D eigenvalue weighted by Crippen LogP contribution is -2.34. The maximum atomic E-state index is 13.7. The number of hydrogen-bond acceptors (Lipinski definition) is 3. The third-order valence-corrected chi connectivity index (χ3v) is 6.91. The number of carbonyl (C=O) groups is 1. The molecule has 0 radical (unpaired) electrons. The summed E-state index contributed by atoms with van der Waals surface area (Å²) in [6.07, 6.45) is 3.33. The molecular weight excluding hydrogens is 568 g/mol. The minimum atomic E-state index is -0.969. The predicted molar refractivity (Wildman–Crippen MR) is 161 cm³/mol. The Morgan fingerprint density at radius 2 is 1.31 bits per heavy atom. The Morgan fingerprint density at radius 1 is 0.786 bits per heavy atom. The molecule has 9 heteroatoms. The lowest BCUT2D eigenvalue weighted by molar-refractivity contribution is 0.0784. The summed E-state index contributed by atoms with van der Waals surface area (Å²) in [7, 11) is 0. The van der Waals surface area contributed by atoms with E-state index in [4.69, 9.17) is 16.3 Å². The molecule has 42 heavy (non-hydrogen) atoms. The highest BCUT2D eigenvalue weighted by Gasteiger charge is 2.19. The zero-order valence-electron chi connectivity index (χ0n) is 24.2. The molecular formula is C33H35ClF4N2O2. The largest absolute Gasteiger partial charge is 0.491 e. The summed E-state index contributed by atoms with van der Waals surface area (Å²) in [5, 5.41) is 0.295. The first-order chi connectivity index (χ1) is 20.0. The summed E-state index contributed by atoms with van der Waals surface area (Å²) < 4.78 is 60.1. The second kappa shape index (κ2) is 15.6. The molecule has 0 heterocycles. The topological polar surface area (TPSA) is 32.8 Å². The van der Waals surface area contributed by atoms with Gasteiger partial charge >= 0.3 is 0 Å². The van der Waals surface area contributed by atoms with E-state index in [-0.39, 0.29) is 19.0 Å². The van der Waals surface area contributed by atoms with Crippen molar-refractivity contribution in [2.75, 3.05) is 39.3 Å². The van der Waals surface area contributed by atoms with Crippen molar-refractivity contribution in [1.29, 1.82) is 0 Å². The Labute approximate surface area is 249 Å². The molecule has 0 N–H and O–H groups in total. The summed E-state index contributed by atoms with van der Waals surface area (Å²) in [6.45, 7) is 11.0. The summed E-state index contributed by atoms with van der Waals surface area (Å²) in [6, 6.07) is 12.0. The van der Waals surface area contributed by atoms with Crippen LogP contribution in [0.5, 0.6) is 5.75 Å². The van der Waals surface area contributed by atoms with Crippen LogP contribution in [0, 0.1) is 23.3 Å². The molecule has 4 nitrogen and oxygen atoms in total. The Bertz CT molecular complexity index is 1380. The van der Waals surface area contributed by atoms with Crippen LogP contribution in [0.4, 0.5) is 17.6 Å². The smallest absolute Gasteiger partial charge is 0.254 e. The summed E-state index contributed by atoms with van der Waals surface area (Å²) >= 11 is 6.48. The average Bonchev–Trinajstić information content (AvgIpc) is 2.95. The Balaban J connectivity index is 1.85. The summed E-state index contributed by atoms with van der Waals surface area (Å²) in [5.41, 5.74) is 2.64. The Morgan fingerprint density at radius 3 is 1.76 bits per heavy atom. The molecule has 224 valence electrons. The Hall–Kier alpha value is -3.62. The fourth-order valence-electron chi connectivity index (χ4n) is 4.42. The van der Waals surface area contributed by atoms with Crippen LogP contribution in [0.3, 0.4) is 0 Å². The van der Waals surface area contributed by atoms with E-state index in [0.717, 1.165) is 43.9 Å². The number of halogens is 5. The number of amides is 1. The van der Waals surface area contributed by atoms with Gasteiger partial charge in [0.05, 0.1) is 5.02 Å². The lowest BCUT2D eigenvalue weighted by Gasteiger charge is -2.24. The van der Waals surface area contributed by atoms with Crippen LogP contribution in [0.25, 0.3) is 12.2 Å². The zero-order valence-corrected chi connectivity index (χ0v) is 25.0. The van der Waals surface area contributed by atoms with Crippen molar-refractivity contribution >= 4 is 29.7 Å². The molecule has 0 spiro atoms. The number of ether oxygens (including phenoxy) is 1. The number of carbonyl (C=O) groups excluding carboxylic acids is 1. The SMILES string of the molecule is CCN(CC)CCOc1ccc(C(=O)N(C/C(C)=C\c2ccc(F)c(F)c2)C/C(C)=C\c2ccc(F)c(F)c2)cc1Cl. The number of hydrogen-bond donors (Lipinski definition) is 0. The van der Waals surface area contributed by atoms with E-state index >= 15 is 0 Å². The fourth-order valence-corrected chi connectivity index (χ4v) is 4.66. The maximum absolute atomic E-state index is 13.7. The molecule has 0 fully saturated rings. The van der Waals surface area contributed by atoms with E-state index in [2.05, 4.69) is 18.7 Å². The molecule has 0 bridgehead atoms. The van der Waals surface area contributed by atoms with Crippen LogP contribution in [-0.4, -0.2) is 55.0 Å². The molecule has 0 saturated carbocycles. The van der Waals surface area contributed by atoms with E-state index in [9.17, 15) is 22.4 Å². The summed E-state index contributed by atoms with van der Waals surface area (Å²) in [5.74, 6) is -3.69. The van der Waals surface area contributed by atoms with Gasteiger partial charge in [-0.05, 0) is 80.5 Å². The minimum Gasteiger partial charge on any atom is -0.491 e. The van der Waals surface area contributed by atoms with Gasteiger partial charge in [0, 0.05) is 25.2 Å². The lowest BCUT2D eigenvalue weighted by atomic mass is 10.1. The van der Waals surface area contributed by atoms with Crippen LogP contribution in [0.15, 0.2) is 65.7 Å². The van der Waals surface area contributed by atoms with Gasteiger partial charge in [-0.3, -0.25) is 4.79 Å². The minimum absolute atomic E-state index is 0.153. The first kappa shape index (κ1) is 32.9. The van der Waals surface area contributed by atoms with Crippen LogP contribution in [0.2, 0.25) is 5.02 Å². The van der Waals surface area contributed by atoms with Crippen molar-refractivity contribution < 1.29 is 27.1 Å². The van der Waals surface area contributed by atoms with Gasteiger partial charge in [-0.25, -0.2) is 17.6 Å². The quantitative estimate of drug-likeness (QED) is 0.185. The number of rotatable bonds is 13. The zero-order chi connectivity index (χ0) is 30.8. The summed E-state index contributed by atoms with van der Waals surface area (Å²) in [4.78, 5) is 17.5. The molecule has 0 aliphatic rings. The first-order valence-electron chi connectivity index (χ1n) is 13.7. The average molecular weight is 603 g/mol. The molecule has 1 amide bonds. The van der Waals surface area contributed by atoms with Crippen molar-refractivity contribution in [3.8, 4) is 5.75 Å². The van der Waals surface area contributed by atoms with E-state index in [1.165, 1.54) is 12.1 Å². The monoisotopic (exact) mass is 602 g/mol. The standard InChI is InChI=1S/C33H35ClF4N2O2/c1-5-39(6-2)13-14-42-32-12-9-26(19-27(32)34)33(41)40(20-22(3)15-24-7-10-28(35)30(37)17-24)21-23(4)16-25-8-11-29(36)31(38)18-25/h7-12,15-19H,5-6,13-14,20-21H2,1-4H3/b22-15-,23-16-. The van der Waals surface area contributed by atoms with Crippen molar-refractivity contribution in [3.05, 3.63) is 111 Å². The van der Waals surface area contributed by atoms with Crippen molar-refractivity contribution in [3.63, 3.8) is 0 Å². The molecule has 0 saturated heterocycles. The predicted octanol–water partition coefficient (Wildman–Crippen LogP) is 8.27. The van der Waals surface area contributed by atoms with Crippen LogP contribution in [0.1, 0.15) is 49.2 Å². The molecule has 3 aromatic rings. The van der Waals surface area contributed by atoms with Crippen LogP contribution in [-0.2, 0) is 0 Å². The van der Waals surface area contributed by atoms with Crippen molar-refractivity contribution in [2.24, 2.45) is 0 Å². The first-order valence-corrected chi connectivity index (χ1v) is 14.1.